The molecule has 0 spiro atoms. The summed E-state index contributed by atoms with van der Waals surface area (Å²) in [5.74, 6) is 0.497. The van der Waals surface area contributed by atoms with Crippen molar-refractivity contribution in [2.75, 3.05) is 5.32 Å². The van der Waals surface area contributed by atoms with Crippen LogP contribution in [-0.2, 0) is 0 Å². The molecule has 3 rings (SSSR count). The van der Waals surface area contributed by atoms with Gasteiger partial charge in [-0.3, -0.25) is 0 Å². The molecule has 1 heterocycles. The third-order valence-corrected chi connectivity index (χ3v) is 3.61. The zero-order chi connectivity index (χ0) is 14.8. The average Bonchev–Trinajstić information content (AvgIpc) is 2.52. The van der Waals surface area contributed by atoms with Gasteiger partial charge >= 0.3 is 0 Å². The Bertz CT molecular complexity index is 857. The molecule has 102 valence electrons. The number of aromatic nitrogens is 2. The van der Waals surface area contributed by atoms with Gasteiger partial charge in [-0.15, -0.1) is 5.10 Å². The second-order valence-electron chi connectivity index (χ2n) is 4.90. The van der Waals surface area contributed by atoms with Crippen molar-refractivity contribution in [1.82, 2.24) is 10.2 Å². The maximum atomic E-state index is 9.36. The SMILES string of the molecule is Cc1nnc(Nc2cccc3ccccc23)c(C#N)c1C. The number of nitrogens with zero attached hydrogens (tertiary/aromatic N) is 3. The van der Waals surface area contributed by atoms with Crippen LogP contribution in [0.3, 0.4) is 0 Å². The summed E-state index contributed by atoms with van der Waals surface area (Å²) in [4.78, 5) is 0. The maximum Gasteiger partial charge on any atom is 0.171 e. The largest absolute Gasteiger partial charge is 0.337 e. The molecule has 21 heavy (non-hydrogen) atoms. The lowest BCUT2D eigenvalue weighted by molar-refractivity contribution is 0.961. The number of benzene rings is 2. The molecule has 1 N–H and O–H groups in total. The van der Waals surface area contributed by atoms with Gasteiger partial charge < -0.3 is 5.32 Å². The number of hydrogen-bond acceptors (Lipinski definition) is 4. The molecular formula is C17H14N4. The van der Waals surface area contributed by atoms with Crippen LogP contribution < -0.4 is 5.32 Å². The highest BCUT2D eigenvalue weighted by Gasteiger charge is 2.11. The summed E-state index contributed by atoms with van der Waals surface area (Å²) in [5, 5.41) is 23.0. The number of fused-ring (bicyclic) bond motifs is 1. The highest BCUT2D eigenvalue weighted by molar-refractivity contribution is 5.95. The van der Waals surface area contributed by atoms with Crippen LogP contribution in [0.1, 0.15) is 16.8 Å². The molecule has 3 aromatic rings. The van der Waals surface area contributed by atoms with E-state index in [0.717, 1.165) is 27.7 Å². The molecule has 0 aliphatic rings. The van der Waals surface area contributed by atoms with Gasteiger partial charge in [0.2, 0.25) is 0 Å². The van der Waals surface area contributed by atoms with Gasteiger partial charge in [-0.2, -0.15) is 10.4 Å². The van der Waals surface area contributed by atoms with Crippen LogP contribution in [-0.4, -0.2) is 10.2 Å². The van der Waals surface area contributed by atoms with E-state index in [9.17, 15) is 5.26 Å². The first kappa shape index (κ1) is 13.1. The van der Waals surface area contributed by atoms with Crippen molar-refractivity contribution >= 4 is 22.3 Å². The summed E-state index contributed by atoms with van der Waals surface area (Å²) >= 11 is 0. The Labute approximate surface area is 123 Å². The maximum absolute atomic E-state index is 9.36. The van der Waals surface area contributed by atoms with Crippen molar-refractivity contribution in [3.8, 4) is 6.07 Å². The monoisotopic (exact) mass is 274 g/mol. The lowest BCUT2D eigenvalue weighted by atomic mass is 10.1. The van der Waals surface area contributed by atoms with Gasteiger partial charge in [0.15, 0.2) is 5.82 Å². The second kappa shape index (κ2) is 5.22. The minimum absolute atomic E-state index is 0.497. The molecule has 0 saturated heterocycles. The van der Waals surface area contributed by atoms with E-state index in [4.69, 9.17) is 0 Å². The lowest BCUT2D eigenvalue weighted by Gasteiger charge is -2.11. The summed E-state index contributed by atoms with van der Waals surface area (Å²) in [6.45, 7) is 3.74. The van der Waals surface area contributed by atoms with Crippen molar-refractivity contribution in [3.05, 3.63) is 59.3 Å². The smallest absolute Gasteiger partial charge is 0.171 e. The van der Waals surface area contributed by atoms with Gasteiger partial charge in [0.1, 0.15) is 11.6 Å². The van der Waals surface area contributed by atoms with E-state index < -0.39 is 0 Å². The zero-order valence-corrected chi connectivity index (χ0v) is 11.9. The minimum atomic E-state index is 0.497. The molecule has 0 radical (unpaired) electrons. The molecule has 0 aliphatic carbocycles. The van der Waals surface area contributed by atoms with Gasteiger partial charge in [0.05, 0.1) is 5.69 Å². The molecule has 0 aliphatic heterocycles. The van der Waals surface area contributed by atoms with E-state index in [1.165, 1.54) is 0 Å². The van der Waals surface area contributed by atoms with E-state index >= 15 is 0 Å². The summed E-state index contributed by atoms with van der Waals surface area (Å²) in [6, 6.07) is 16.3. The Kier molecular flexibility index (Phi) is 3.25. The Morgan fingerprint density at radius 1 is 1.00 bits per heavy atom. The zero-order valence-electron chi connectivity index (χ0n) is 11.9. The first-order valence-corrected chi connectivity index (χ1v) is 6.69. The second-order valence-corrected chi connectivity index (χ2v) is 4.90. The van der Waals surface area contributed by atoms with Crippen LogP contribution in [0.15, 0.2) is 42.5 Å². The molecule has 2 aromatic carbocycles. The van der Waals surface area contributed by atoms with Crippen molar-refractivity contribution in [3.63, 3.8) is 0 Å². The van der Waals surface area contributed by atoms with Gasteiger partial charge in [0.25, 0.3) is 0 Å². The van der Waals surface area contributed by atoms with Crippen LogP contribution in [0.2, 0.25) is 0 Å². The van der Waals surface area contributed by atoms with Crippen LogP contribution in [0, 0.1) is 25.2 Å². The van der Waals surface area contributed by atoms with Crippen molar-refractivity contribution in [2.24, 2.45) is 0 Å². The minimum Gasteiger partial charge on any atom is -0.337 e. The van der Waals surface area contributed by atoms with Crippen molar-refractivity contribution in [1.29, 1.82) is 5.26 Å². The first-order valence-electron chi connectivity index (χ1n) is 6.69. The number of aryl methyl sites for hydroxylation is 1. The van der Waals surface area contributed by atoms with Crippen molar-refractivity contribution in [2.45, 2.75) is 13.8 Å². The Morgan fingerprint density at radius 3 is 2.57 bits per heavy atom. The predicted molar refractivity (Wildman–Crippen MR) is 83.5 cm³/mol. The molecule has 0 bridgehead atoms. The van der Waals surface area contributed by atoms with Gasteiger partial charge in [0, 0.05) is 11.1 Å². The topological polar surface area (TPSA) is 61.6 Å². The fourth-order valence-electron chi connectivity index (χ4n) is 2.29. The normalized spacial score (nSPS) is 10.3. The molecule has 0 saturated carbocycles. The Morgan fingerprint density at radius 2 is 1.76 bits per heavy atom. The Hall–Kier alpha value is -2.93. The number of nitrogens with one attached hydrogen (secondary N) is 1. The Balaban J connectivity index is 2.12. The van der Waals surface area contributed by atoms with E-state index in [1.807, 2.05) is 44.2 Å². The van der Waals surface area contributed by atoms with Gasteiger partial charge in [-0.05, 0) is 30.9 Å². The number of rotatable bonds is 2. The average molecular weight is 274 g/mol. The summed E-state index contributed by atoms with van der Waals surface area (Å²) in [6.07, 6.45) is 0. The van der Waals surface area contributed by atoms with Gasteiger partial charge in [-0.1, -0.05) is 36.4 Å². The molecule has 4 nitrogen and oxygen atoms in total. The molecule has 4 heteroatoms. The molecule has 0 atom stereocenters. The fraction of sp³-hybridized carbons (Fsp3) is 0.118. The van der Waals surface area contributed by atoms with Crippen LogP contribution >= 0.6 is 0 Å². The summed E-state index contributed by atoms with van der Waals surface area (Å²) < 4.78 is 0. The highest BCUT2D eigenvalue weighted by atomic mass is 15.2. The lowest BCUT2D eigenvalue weighted by Crippen LogP contribution is -2.03. The third kappa shape index (κ3) is 2.30. The van der Waals surface area contributed by atoms with E-state index in [2.05, 4.69) is 33.7 Å². The van der Waals surface area contributed by atoms with E-state index in [0.29, 0.717) is 11.4 Å². The molecule has 0 fully saturated rings. The quantitative estimate of drug-likeness (QED) is 0.770. The van der Waals surface area contributed by atoms with E-state index in [-0.39, 0.29) is 0 Å². The number of nitriles is 1. The predicted octanol–water partition coefficient (Wildman–Crippen LogP) is 3.86. The highest BCUT2D eigenvalue weighted by Crippen LogP contribution is 2.27. The van der Waals surface area contributed by atoms with E-state index in [1.54, 1.807) is 0 Å². The standard InChI is InChI=1S/C17H14N4/c1-11-12(2)20-21-17(15(11)10-18)19-16-9-5-7-13-6-3-4-8-14(13)16/h3-9H,1-2H3,(H,19,21). The fourth-order valence-corrected chi connectivity index (χ4v) is 2.29. The molecule has 1 aromatic heterocycles. The summed E-state index contributed by atoms with van der Waals surface area (Å²) in [5.41, 5.74) is 3.09. The van der Waals surface area contributed by atoms with Gasteiger partial charge in [-0.25, -0.2) is 0 Å². The van der Waals surface area contributed by atoms with Crippen LogP contribution in [0.5, 0.6) is 0 Å². The molecule has 0 amide bonds. The number of hydrogen-bond donors (Lipinski definition) is 1. The number of anilines is 2. The first-order chi connectivity index (χ1) is 10.2. The van der Waals surface area contributed by atoms with Crippen LogP contribution in [0.25, 0.3) is 10.8 Å². The third-order valence-electron chi connectivity index (χ3n) is 3.61. The molecule has 0 unspecified atom stereocenters. The van der Waals surface area contributed by atoms with Crippen molar-refractivity contribution < 1.29 is 0 Å². The van der Waals surface area contributed by atoms with Crippen LogP contribution in [0.4, 0.5) is 11.5 Å². The summed E-state index contributed by atoms with van der Waals surface area (Å²) in [7, 11) is 0. The molecular weight excluding hydrogens is 260 g/mol.